The van der Waals surface area contributed by atoms with Gasteiger partial charge in [-0.3, -0.25) is 4.79 Å². The van der Waals surface area contributed by atoms with Crippen LogP contribution < -0.4 is 10.2 Å². The topological polar surface area (TPSA) is 48.5 Å². The zero-order chi connectivity index (χ0) is 15.6. The van der Waals surface area contributed by atoms with Crippen molar-refractivity contribution >= 4 is 22.4 Å². The summed E-state index contributed by atoms with van der Waals surface area (Å²) in [5, 5.41) is 6.74. The molecule has 0 bridgehead atoms. The third-order valence-corrected chi connectivity index (χ3v) is 6.49. The van der Waals surface area contributed by atoms with Crippen LogP contribution in [0.25, 0.3) is 0 Å². The molecule has 0 unspecified atom stereocenters. The molecule has 2 aliphatic heterocycles. The number of thiazole rings is 1. The molecule has 1 N–H and O–H groups in total. The van der Waals surface area contributed by atoms with Gasteiger partial charge in [0.15, 0.2) is 5.13 Å². The Morgan fingerprint density at radius 3 is 2.91 bits per heavy atom. The van der Waals surface area contributed by atoms with E-state index in [9.17, 15) is 4.79 Å². The summed E-state index contributed by atoms with van der Waals surface area (Å²) in [7, 11) is 0. The molecule has 23 heavy (non-hydrogen) atoms. The van der Waals surface area contributed by atoms with E-state index in [0.29, 0.717) is 11.9 Å². The van der Waals surface area contributed by atoms with Crippen LogP contribution in [0.3, 0.4) is 0 Å². The lowest BCUT2D eigenvalue weighted by molar-refractivity contribution is -0.133. The van der Waals surface area contributed by atoms with E-state index in [2.05, 4.69) is 20.1 Å². The largest absolute Gasteiger partial charge is 0.346 e. The summed E-state index contributed by atoms with van der Waals surface area (Å²) in [6, 6.07) is 0.658. The number of nitrogens with zero attached hydrogens (tertiary/aromatic N) is 3. The van der Waals surface area contributed by atoms with E-state index in [-0.39, 0.29) is 6.04 Å². The second kappa shape index (κ2) is 6.77. The summed E-state index contributed by atoms with van der Waals surface area (Å²) in [4.78, 5) is 21.7. The fourth-order valence-corrected chi connectivity index (χ4v) is 5.13. The number of hydrogen-bond donors (Lipinski definition) is 1. The molecule has 6 heteroatoms. The van der Waals surface area contributed by atoms with Gasteiger partial charge in [-0.15, -0.1) is 11.3 Å². The molecule has 126 valence electrons. The van der Waals surface area contributed by atoms with Crippen molar-refractivity contribution < 1.29 is 4.79 Å². The number of carbonyl (C=O) groups excluding carboxylic acids is 1. The number of fused-ring (bicyclic) bond motifs is 1. The maximum atomic E-state index is 12.9. The van der Waals surface area contributed by atoms with Gasteiger partial charge in [0.2, 0.25) is 5.91 Å². The number of anilines is 1. The first-order valence-electron chi connectivity index (χ1n) is 9.00. The molecule has 3 atom stereocenters. The highest BCUT2D eigenvalue weighted by Crippen LogP contribution is 2.33. The first kappa shape index (κ1) is 15.4. The summed E-state index contributed by atoms with van der Waals surface area (Å²) in [5.74, 6) is 1.07. The number of carbonyl (C=O) groups is 1. The van der Waals surface area contributed by atoms with Crippen LogP contribution in [0.5, 0.6) is 0 Å². The zero-order valence-electron chi connectivity index (χ0n) is 13.6. The molecule has 3 heterocycles. The quantitative estimate of drug-likeness (QED) is 0.900. The third-order valence-electron chi connectivity index (χ3n) is 5.66. The monoisotopic (exact) mass is 334 g/mol. The van der Waals surface area contributed by atoms with Crippen LogP contribution in [-0.4, -0.2) is 54.1 Å². The van der Waals surface area contributed by atoms with Crippen LogP contribution >= 0.6 is 11.3 Å². The average molecular weight is 334 g/mol. The molecular weight excluding hydrogens is 308 g/mol. The normalized spacial score (nSPS) is 31.7. The van der Waals surface area contributed by atoms with Crippen molar-refractivity contribution in [1.29, 1.82) is 0 Å². The van der Waals surface area contributed by atoms with Crippen LogP contribution in [0, 0.1) is 5.92 Å². The molecule has 1 amide bonds. The minimum atomic E-state index is 0.0644. The van der Waals surface area contributed by atoms with E-state index in [1.54, 1.807) is 11.3 Å². The number of nitrogens with one attached hydrogen (secondary N) is 1. The van der Waals surface area contributed by atoms with Crippen molar-refractivity contribution in [1.82, 2.24) is 15.2 Å². The van der Waals surface area contributed by atoms with Gasteiger partial charge in [-0.1, -0.05) is 12.8 Å². The predicted octanol–water partition coefficient (Wildman–Crippen LogP) is 2.10. The van der Waals surface area contributed by atoms with Gasteiger partial charge < -0.3 is 15.1 Å². The fraction of sp³-hybridized carbons (Fsp3) is 0.765. The van der Waals surface area contributed by atoms with Crippen LogP contribution in [0.4, 0.5) is 5.13 Å². The van der Waals surface area contributed by atoms with Gasteiger partial charge in [-0.2, -0.15) is 0 Å². The molecule has 0 aromatic carbocycles. The first-order valence-corrected chi connectivity index (χ1v) is 9.88. The van der Waals surface area contributed by atoms with E-state index < -0.39 is 0 Å². The lowest BCUT2D eigenvalue weighted by atomic mass is 9.85. The Bertz CT molecular complexity index is 521. The predicted molar refractivity (Wildman–Crippen MR) is 92.8 cm³/mol. The molecule has 1 saturated carbocycles. The Hall–Kier alpha value is -1.14. The van der Waals surface area contributed by atoms with Gasteiger partial charge in [0.25, 0.3) is 0 Å². The second-order valence-corrected chi connectivity index (χ2v) is 7.96. The molecule has 3 aliphatic rings. The van der Waals surface area contributed by atoms with Crippen molar-refractivity contribution in [2.45, 2.75) is 50.6 Å². The lowest BCUT2D eigenvalue weighted by Gasteiger charge is -2.25. The van der Waals surface area contributed by atoms with Crippen molar-refractivity contribution in [2.75, 3.05) is 31.1 Å². The average Bonchev–Trinajstić information content (AvgIpc) is 3.19. The summed E-state index contributed by atoms with van der Waals surface area (Å²) in [6.07, 6.45) is 9.17. The molecule has 1 aromatic heterocycles. The molecule has 2 saturated heterocycles. The summed E-state index contributed by atoms with van der Waals surface area (Å²) >= 11 is 1.69. The highest BCUT2D eigenvalue weighted by molar-refractivity contribution is 7.13. The molecule has 4 rings (SSSR count). The van der Waals surface area contributed by atoms with Crippen LogP contribution in [0.15, 0.2) is 11.6 Å². The maximum Gasteiger partial charge on any atom is 0.239 e. The Kier molecular flexibility index (Phi) is 4.53. The molecular formula is C17H26N4OS. The summed E-state index contributed by atoms with van der Waals surface area (Å²) in [6.45, 7) is 3.61. The Morgan fingerprint density at radius 2 is 2.09 bits per heavy atom. The van der Waals surface area contributed by atoms with Gasteiger partial charge in [-0.25, -0.2) is 4.98 Å². The van der Waals surface area contributed by atoms with Crippen LogP contribution in [0.1, 0.15) is 38.5 Å². The molecule has 1 aromatic rings. The molecule has 1 aliphatic carbocycles. The van der Waals surface area contributed by atoms with Crippen molar-refractivity contribution in [3.05, 3.63) is 11.6 Å². The highest BCUT2D eigenvalue weighted by atomic mass is 32.1. The smallest absolute Gasteiger partial charge is 0.239 e. The van der Waals surface area contributed by atoms with E-state index >= 15 is 0 Å². The number of amides is 1. The van der Waals surface area contributed by atoms with Crippen molar-refractivity contribution in [3.8, 4) is 0 Å². The van der Waals surface area contributed by atoms with Gasteiger partial charge >= 0.3 is 0 Å². The second-order valence-electron chi connectivity index (χ2n) is 7.09. The third kappa shape index (κ3) is 3.24. The minimum absolute atomic E-state index is 0.0644. The minimum Gasteiger partial charge on any atom is -0.346 e. The van der Waals surface area contributed by atoms with Gasteiger partial charge in [-0.05, 0) is 31.6 Å². The van der Waals surface area contributed by atoms with Crippen molar-refractivity contribution in [2.24, 2.45) is 5.92 Å². The summed E-state index contributed by atoms with van der Waals surface area (Å²) in [5.41, 5.74) is 0. The molecule has 0 spiro atoms. The first-order chi connectivity index (χ1) is 11.3. The van der Waals surface area contributed by atoms with E-state index in [1.165, 1.54) is 25.7 Å². The SMILES string of the molecule is O=C([C@@H]1C[C@@H]2CCCC[C@@H]2N1)N1CCCN(c2nccs2)CC1. The fourth-order valence-electron chi connectivity index (χ4n) is 4.43. The van der Waals surface area contributed by atoms with Crippen LogP contribution in [0.2, 0.25) is 0 Å². The van der Waals surface area contributed by atoms with Gasteiger partial charge in [0, 0.05) is 43.8 Å². The Morgan fingerprint density at radius 1 is 1.17 bits per heavy atom. The van der Waals surface area contributed by atoms with E-state index in [1.807, 2.05) is 11.6 Å². The number of hydrogen-bond acceptors (Lipinski definition) is 5. The Labute approximate surface area is 142 Å². The zero-order valence-corrected chi connectivity index (χ0v) is 14.4. The van der Waals surface area contributed by atoms with Crippen molar-refractivity contribution in [3.63, 3.8) is 0 Å². The standard InChI is InChI=1S/C17H26N4OS/c22-16(15-12-13-4-1-2-5-14(13)19-15)20-7-3-8-21(10-9-20)17-18-6-11-23-17/h6,11,13-15,19H,1-5,7-10,12H2/t13-,14-,15-/m0/s1. The van der Waals surface area contributed by atoms with Gasteiger partial charge in [0.05, 0.1) is 6.04 Å². The van der Waals surface area contributed by atoms with E-state index in [0.717, 1.165) is 50.1 Å². The van der Waals surface area contributed by atoms with Gasteiger partial charge in [0.1, 0.15) is 0 Å². The van der Waals surface area contributed by atoms with E-state index in [4.69, 9.17) is 0 Å². The summed E-state index contributed by atoms with van der Waals surface area (Å²) < 4.78 is 0. The number of aromatic nitrogens is 1. The van der Waals surface area contributed by atoms with Crippen LogP contribution in [-0.2, 0) is 4.79 Å². The Balaban J connectivity index is 1.36. The molecule has 3 fully saturated rings. The molecule has 5 nitrogen and oxygen atoms in total. The molecule has 0 radical (unpaired) electrons. The lowest BCUT2D eigenvalue weighted by Crippen LogP contribution is -2.46. The maximum absolute atomic E-state index is 12.9. The highest BCUT2D eigenvalue weighted by Gasteiger charge is 2.39. The number of rotatable bonds is 2.